The SMILES string of the molecule is CCCCCC/C=C/C1CC(=O)N(c2c(CC)cc(Cc3cc(CC)c(N4C(=O)C=CC4=O)c(CC)c3)cc2CC)C1=O. The molecule has 2 aliphatic heterocycles. The molecule has 1 unspecified atom stereocenters. The second-order valence-electron chi connectivity index (χ2n) is 11.6. The van der Waals surface area contributed by atoms with E-state index in [2.05, 4.69) is 51.1 Å². The fourth-order valence-corrected chi connectivity index (χ4v) is 6.37. The van der Waals surface area contributed by atoms with Crippen molar-refractivity contribution in [3.63, 3.8) is 0 Å². The molecular formula is C37H46N2O4. The molecule has 0 aromatic heterocycles. The van der Waals surface area contributed by atoms with Gasteiger partial charge in [0.2, 0.25) is 11.8 Å². The molecule has 0 N–H and O–H groups in total. The first kappa shape index (κ1) is 32.1. The first-order valence-electron chi connectivity index (χ1n) is 16.2. The van der Waals surface area contributed by atoms with Gasteiger partial charge in [-0.2, -0.15) is 0 Å². The number of carbonyl (C=O) groups is 4. The standard InChI is InChI=1S/C37H46N2O4/c1-6-11-12-13-14-15-16-31-24-34(42)39(37(31)43)36-29(9-4)22-26(23-30(36)10-5)19-25-20-27(7-2)35(28(8-3)21-25)38-32(40)17-18-33(38)41/h15-18,20-23,31H,6-14,19,24H2,1-5H3/b16-15+. The first-order chi connectivity index (χ1) is 20.8. The molecule has 0 bridgehead atoms. The van der Waals surface area contributed by atoms with Crippen molar-refractivity contribution in [2.45, 2.75) is 105 Å². The van der Waals surface area contributed by atoms with Gasteiger partial charge in [0.25, 0.3) is 11.8 Å². The zero-order chi connectivity index (χ0) is 31.1. The molecule has 0 saturated carbocycles. The van der Waals surface area contributed by atoms with Crippen molar-refractivity contribution >= 4 is 35.0 Å². The molecule has 6 nitrogen and oxygen atoms in total. The molecule has 1 atom stereocenters. The number of nitrogens with zero attached hydrogens (tertiary/aromatic N) is 2. The highest BCUT2D eigenvalue weighted by atomic mass is 16.2. The summed E-state index contributed by atoms with van der Waals surface area (Å²) < 4.78 is 0. The summed E-state index contributed by atoms with van der Waals surface area (Å²) in [6.45, 7) is 10.4. The van der Waals surface area contributed by atoms with Crippen molar-refractivity contribution in [2.24, 2.45) is 5.92 Å². The number of rotatable bonds is 14. The van der Waals surface area contributed by atoms with Gasteiger partial charge in [-0.15, -0.1) is 0 Å². The molecule has 0 aliphatic carbocycles. The van der Waals surface area contributed by atoms with Crippen LogP contribution in [-0.2, 0) is 51.3 Å². The van der Waals surface area contributed by atoms with Crippen molar-refractivity contribution in [3.8, 4) is 0 Å². The van der Waals surface area contributed by atoms with Crippen LogP contribution < -0.4 is 9.80 Å². The molecule has 2 aliphatic rings. The van der Waals surface area contributed by atoms with Gasteiger partial charge in [-0.05, 0) is 78.3 Å². The van der Waals surface area contributed by atoms with Gasteiger partial charge >= 0.3 is 0 Å². The van der Waals surface area contributed by atoms with Gasteiger partial charge in [-0.1, -0.05) is 90.3 Å². The summed E-state index contributed by atoms with van der Waals surface area (Å²) in [5, 5.41) is 0. The molecule has 2 aromatic rings. The number of amides is 4. The van der Waals surface area contributed by atoms with Crippen LogP contribution in [0.25, 0.3) is 0 Å². The molecule has 0 radical (unpaired) electrons. The number of allylic oxidation sites excluding steroid dienone is 1. The van der Waals surface area contributed by atoms with Crippen LogP contribution in [0.4, 0.5) is 11.4 Å². The van der Waals surface area contributed by atoms with Crippen LogP contribution in [0.1, 0.15) is 107 Å². The van der Waals surface area contributed by atoms with Crippen LogP contribution >= 0.6 is 0 Å². The van der Waals surface area contributed by atoms with E-state index in [0.29, 0.717) is 37.8 Å². The summed E-state index contributed by atoms with van der Waals surface area (Å²) in [7, 11) is 0. The molecular weight excluding hydrogens is 536 g/mol. The Labute approximate surface area is 256 Å². The van der Waals surface area contributed by atoms with Gasteiger partial charge in [0.15, 0.2) is 0 Å². The van der Waals surface area contributed by atoms with E-state index in [1.165, 1.54) is 41.2 Å². The number of unbranched alkanes of at least 4 members (excludes halogenated alkanes) is 4. The Balaban J connectivity index is 1.62. The number of hydrogen-bond acceptors (Lipinski definition) is 4. The summed E-state index contributed by atoms with van der Waals surface area (Å²) in [6.07, 6.45) is 16.0. The Morgan fingerprint density at radius 3 is 1.63 bits per heavy atom. The van der Waals surface area contributed by atoms with Crippen molar-refractivity contribution in [2.75, 3.05) is 9.80 Å². The van der Waals surface area contributed by atoms with Crippen molar-refractivity contribution in [3.05, 3.63) is 82.0 Å². The van der Waals surface area contributed by atoms with Crippen LogP contribution in [0.2, 0.25) is 0 Å². The minimum absolute atomic E-state index is 0.122. The lowest BCUT2D eigenvalue weighted by Crippen LogP contribution is -2.32. The maximum absolute atomic E-state index is 13.5. The lowest BCUT2D eigenvalue weighted by atomic mass is 9.92. The molecule has 1 saturated heterocycles. The predicted molar refractivity (Wildman–Crippen MR) is 173 cm³/mol. The van der Waals surface area contributed by atoms with Gasteiger partial charge in [-0.3, -0.25) is 19.2 Å². The number of carbonyl (C=O) groups excluding carboxylic acids is 4. The summed E-state index contributed by atoms with van der Waals surface area (Å²) in [6, 6.07) is 8.47. The van der Waals surface area contributed by atoms with E-state index in [-0.39, 0.29) is 30.0 Å². The Kier molecular flexibility index (Phi) is 10.9. The van der Waals surface area contributed by atoms with Crippen LogP contribution in [0.5, 0.6) is 0 Å². The summed E-state index contributed by atoms with van der Waals surface area (Å²) in [4.78, 5) is 54.5. The number of hydrogen-bond donors (Lipinski definition) is 0. The fraction of sp³-hybridized carbons (Fsp3) is 0.459. The van der Waals surface area contributed by atoms with Gasteiger partial charge in [0.1, 0.15) is 0 Å². The number of anilines is 2. The van der Waals surface area contributed by atoms with Gasteiger partial charge in [0, 0.05) is 18.6 Å². The van der Waals surface area contributed by atoms with Crippen molar-refractivity contribution < 1.29 is 19.2 Å². The molecule has 4 rings (SSSR count). The third kappa shape index (κ3) is 6.90. The number of benzene rings is 2. The minimum Gasteiger partial charge on any atom is -0.274 e. The molecule has 228 valence electrons. The van der Waals surface area contributed by atoms with Crippen molar-refractivity contribution in [1.82, 2.24) is 0 Å². The summed E-state index contributed by atoms with van der Waals surface area (Å²) in [5.41, 5.74) is 7.65. The fourth-order valence-electron chi connectivity index (χ4n) is 6.37. The lowest BCUT2D eigenvalue weighted by Gasteiger charge is -2.24. The Morgan fingerprint density at radius 2 is 1.16 bits per heavy atom. The van der Waals surface area contributed by atoms with Crippen molar-refractivity contribution in [1.29, 1.82) is 0 Å². The van der Waals surface area contributed by atoms with Crippen LogP contribution in [-0.4, -0.2) is 23.6 Å². The van der Waals surface area contributed by atoms with E-state index in [1.54, 1.807) is 0 Å². The Hall–Kier alpha value is -3.80. The van der Waals surface area contributed by atoms with E-state index in [9.17, 15) is 19.2 Å². The van der Waals surface area contributed by atoms with E-state index >= 15 is 0 Å². The average Bonchev–Trinajstić information content (AvgIpc) is 3.48. The molecule has 0 spiro atoms. The Morgan fingerprint density at radius 1 is 0.674 bits per heavy atom. The second-order valence-corrected chi connectivity index (χ2v) is 11.6. The van der Waals surface area contributed by atoms with E-state index in [4.69, 9.17) is 0 Å². The first-order valence-corrected chi connectivity index (χ1v) is 16.2. The van der Waals surface area contributed by atoms with E-state index in [1.807, 2.05) is 19.9 Å². The molecule has 6 heteroatoms. The second kappa shape index (κ2) is 14.6. The maximum Gasteiger partial charge on any atom is 0.258 e. The largest absolute Gasteiger partial charge is 0.274 e. The highest BCUT2D eigenvalue weighted by Gasteiger charge is 2.39. The quantitative estimate of drug-likeness (QED) is 0.132. The molecule has 43 heavy (non-hydrogen) atoms. The summed E-state index contributed by atoms with van der Waals surface area (Å²) in [5.74, 6) is -1.24. The third-order valence-electron chi connectivity index (χ3n) is 8.62. The average molecular weight is 583 g/mol. The molecule has 4 amide bonds. The van der Waals surface area contributed by atoms with Crippen LogP contribution in [0.3, 0.4) is 0 Å². The minimum atomic E-state index is -0.393. The summed E-state index contributed by atoms with van der Waals surface area (Å²) >= 11 is 0. The zero-order valence-electron chi connectivity index (χ0n) is 26.5. The third-order valence-corrected chi connectivity index (χ3v) is 8.62. The maximum atomic E-state index is 13.5. The topological polar surface area (TPSA) is 74.8 Å². The highest BCUT2D eigenvalue weighted by Crippen LogP contribution is 2.36. The van der Waals surface area contributed by atoms with Crippen LogP contribution in [0.15, 0.2) is 48.6 Å². The zero-order valence-corrected chi connectivity index (χ0v) is 26.5. The van der Waals surface area contributed by atoms with Gasteiger partial charge in [-0.25, -0.2) is 9.80 Å². The monoisotopic (exact) mass is 582 g/mol. The lowest BCUT2D eigenvalue weighted by molar-refractivity contribution is -0.122. The smallest absolute Gasteiger partial charge is 0.258 e. The van der Waals surface area contributed by atoms with E-state index < -0.39 is 5.92 Å². The number of imide groups is 2. The molecule has 1 fully saturated rings. The van der Waals surface area contributed by atoms with Crippen LogP contribution in [0, 0.1) is 5.92 Å². The molecule has 2 heterocycles. The molecule has 2 aromatic carbocycles. The van der Waals surface area contributed by atoms with E-state index in [0.717, 1.165) is 51.9 Å². The normalized spacial score (nSPS) is 17.0. The highest BCUT2D eigenvalue weighted by molar-refractivity contribution is 6.28. The Bertz CT molecular complexity index is 1380. The number of aryl methyl sites for hydroxylation is 4. The van der Waals surface area contributed by atoms with Gasteiger partial charge < -0.3 is 0 Å². The van der Waals surface area contributed by atoms with Gasteiger partial charge in [0.05, 0.1) is 17.3 Å². The predicted octanol–water partition coefficient (Wildman–Crippen LogP) is 7.36.